The second kappa shape index (κ2) is 3.77. The van der Waals surface area contributed by atoms with Crippen LogP contribution >= 0.6 is 0 Å². The average molecular weight is 220 g/mol. The molecular weight excluding hydrogens is 208 g/mol. The summed E-state index contributed by atoms with van der Waals surface area (Å²) in [4.78, 5) is 0. The predicted molar refractivity (Wildman–Crippen MR) is 59.3 cm³/mol. The molecule has 0 aliphatic heterocycles. The summed E-state index contributed by atoms with van der Waals surface area (Å²) >= 11 is 0. The van der Waals surface area contributed by atoms with Gasteiger partial charge >= 0.3 is 0 Å². The van der Waals surface area contributed by atoms with E-state index >= 15 is 0 Å². The van der Waals surface area contributed by atoms with Crippen molar-refractivity contribution in [1.82, 2.24) is 5.16 Å². The number of phenolic OH excluding ortho intramolecular Hbond substituents is 1. The van der Waals surface area contributed by atoms with Crippen LogP contribution in [0.3, 0.4) is 0 Å². The fraction of sp³-hybridized carbons (Fsp3) is 0.182. The van der Waals surface area contributed by atoms with Crippen molar-refractivity contribution in [2.45, 2.75) is 6.92 Å². The van der Waals surface area contributed by atoms with Crippen molar-refractivity contribution in [1.29, 1.82) is 0 Å². The van der Waals surface area contributed by atoms with Gasteiger partial charge in [-0.15, -0.1) is 0 Å². The van der Waals surface area contributed by atoms with Crippen LogP contribution in [0.4, 0.5) is 5.88 Å². The maximum absolute atomic E-state index is 9.73. The molecule has 1 heterocycles. The number of hydrogen-bond acceptors (Lipinski definition) is 5. The summed E-state index contributed by atoms with van der Waals surface area (Å²) in [5.74, 6) is 0.766. The van der Waals surface area contributed by atoms with Crippen LogP contribution in [0.1, 0.15) is 5.56 Å². The summed E-state index contributed by atoms with van der Waals surface area (Å²) in [5.41, 5.74) is 7.56. The number of nitrogens with zero attached hydrogens (tertiary/aromatic N) is 1. The van der Waals surface area contributed by atoms with Crippen molar-refractivity contribution in [2.75, 3.05) is 12.8 Å². The molecule has 0 bridgehead atoms. The van der Waals surface area contributed by atoms with E-state index in [0.717, 1.165) is 11.1 Å². The zero-order valence-electron chi connectivity index (χ0n) is 9.02. The minimum atomic E-state index is 0.0686. The molecule has 1 aromatic heterocycles. The highest BCUT2D eigenvalue weighted by Gasteiger charge is 2.11. The van der Waals surface area contributed by atoms with Crippen molar-refractivity contribution < 1.29 is 14.4 Å². The van der Waals surface area contributed by atoms with Gasteiger partial charge in [0.2, 0.25) is 5.88 Å². The Bertz CT molecular complexity index is 497. The average Bonchev–Trinajstić information content (AvgIpc) is 2.64. The van der Waals surface area contributed by atoms with E-state index in [1.807, 2.05) is 13.0 Å². The molecule has 5 heteroatoms. The molecule has 0 aliphatic carbocycles. The summed E-state index contributed by atoms with van der Waals surface area (Å²) in [7, 11) is 1.51. The van der Waals surface area contributed by atoms with Gasteiger partial charge in [-0.2, -0.15) is 0 Å². The van der Waals surface area contributed by atoms with Crippen molar-refractivity contribution in [3.8, 4) is 22.8 Å². The Hall–Kier alpha value is -2.17. The van der Waals surface area contributed by atoms with Gasteiger partial charge in [-0.05, 0) is 24.6 Å². The van der Waals surface area contributed by atoms with Crippen LogP contribution in [0.2, 0.25) is 0 Å². The fourth-order valence-electron chi connectivity index (χ4n) is 1.59. The number of phenols is 1. The van der Waals surface area contributed by atoms with Gasteiger partial charge in [0.1, 0.15) is 5.69 Å². The number of ether oxygens (including phenoxy) is 1. The Morgan fingerprint density at radius 3 is 2.62 bits per heavy atom. The van der Waals surface area contributed by atoms with E-state index in [9.17, 15) is 5.11 Å². The molecule has 2 aromatic rings. The maximum atomic E-state index is 9.73. The lowest BCUT2D eigenvalue weighted by Crippen LogP contribution is -1.89. The van der Waals surface area contributed by atoms with Crippen LogP contribution in [-0.4, -0.2) is 17.4 Å². The van der Waals surface area contributed by atoms with Gasteiger partial charge in [0.05, 0.1) is 7.11 Å². The lowest BCUT2D eigenvalue weighted by molar-refractivity contribution is 0.371. The van der Waals surface area contributed by atoms with Gasteiger partial charge in [0.25, 0.3) is 0 Å². The third-order valence-corrected chi connectivity index (χ3v) is 2.28. The molecule has 84 valence electrons. The Balaban J connectivity index is 2.52. The third kappa shape index (κ3) is 1.67. The minimum absolute atomic E-state index is 0.0686. The molecule has 5 nitrogen and oxygen atoms in total. The van der Waals surface area contributed by atoms with E-state index in [2.05, 4.69) is 5.16 Å². The monoisotopic (exact) mass is 220 g/mol. The summed E-state index contributed by atoms with van der Waals surface area (Å²) in [5, 5.41) is 13.5. The standard InChI is InChI=1S/C11H12N2O3/c1-6-3-7(4-9(14)11(6)15-2)8-5-10(12)16-13-8/h3-5,14H,12H2,1-2H3. The molecule has 3 N–H and O–H groups in total. The highest BCUT2D eigenvalue weighted by Crippen LogP contribution is 2.34. The van der Waals surface area contributed by atoms with E-state index in [4.69, 9.17) is 15.0 Å². The lowest BCUT2D eigenvalue weighted by Gasteiger charge is -2.08. The molecule has 0 amide bonds. The molecule has 0 unspecified atom stereocenters. The van der Waals surface area contributed by atoms with Gasteiger partial charge in [0.15, 0.2) is 11.5 Å². The normalized spacial score (nSPS) is 10.4. The number of rotatable bonds is 2. The smallest absolute Gasteiger partial charge is 0.222 e. The van der Waals surface area contributed by atoms with Gasteiger partial charge in [0, 0.05) is 11.6 Å². The first-order chi connectivity index (χ1) is 7.61. The highest BCUT2D eigenvalue weighted by molar-refractivity contribution is 5.67. The number of nitrogens with two attached hydrogens (primary N) is 1. The Morgan fingerprint density at radius 2 is 2.12 bits per heavy atom. The van der Waals surface area contributed by atoms with Gasteiger partial charge in [-0.25, -0.2) is 0 Å². The second-order valence-corrected chi connectivity index (χ2v) is 3.46. The number of aromatic hydroxyl groups is 1. The van der Waals surface area contributed by atoms with Crippen LogP contribution in [0.15, 0.2) is 22.7 Å². The zero-order chi connectivity index (χ0) is 11.7. The molecule has 16 heavy (non-hydrogen) atoms. The molecule has 0 radical (unpaired) electrons. The van der Waals surface area contributed by atoms with E-state index in [1.54, 1.807) is 12.1 Å². The summed E-state index contributed by atoms with van der Waals surface area (Å²) in [6, 6.07) is 5.00. The number of aromatic nitrogens is 1. The molecule has 0 saturated heterocycles. The molecular formula is C11H12N2O3. The van der Waals surface area contributed by atoms with E-state index in [-0.39, 0.29) is 11.6 Å². The van der Waals surface area contributed by atoms with E-state index in [0.29, 0.717) is 11.4 Å². The quantitative estimate of drug-likeness (QED) is 0.808. The van der Waals surface area contributed by atoms with E-state index in [1.165, 1.54) is 7.11 Å². The van der Waals surface area contributed by atoms with Crippen molar-refractivity contribution in [2.24, 2.45) is 0 Å². The lowest BCUT2D eigenvalue weighted by atomic mass is 10.1. The molecule has 0 saturated carbocycles. The summed E-state index contributed by atoms with van der Waals surface area (Å²) < 4.78 is 9.82. The molecule has 0 atom stereocenters. The molecule has 0 spiro atoms. The Labute approximate surface area is 92.4 Å². The molecule has 2 rings (SSSR count). The summed E-state index contributed by atoms with van der Waals surface area (Å²) in [6.07, 6.45) is 0. The zero-order valence-corrected chi connectivity index (χ0v) is 9.02. The molecule has 1 aromatic carbocycles. The van der Waals surface area contributed by atoms with Gasteiger partial charge in [-0.1, -0.05) is 5.16 Å². The largest absolute Gasteiger partial charge is 0.504 e. The minimum Gasteiger partial charge on any atom is -0.504 e. The first-order valence-electron chi connectivity index (χ1n) is 4.72. The maximum Gasteiger partial charge on any atom is 0.222 e. The SMILES string of the molecule is COc1c(C)cc(-c2cc(N)on2)cc1O. The summed E-state index contributed by atoms with van der Waals surface area (Å²) in [6.45, 7) is 1.84. The predicted octanol–water partition coefficient (Wildman–Crippen LogP) is 1.95. The first-order valence-corrected chi connectivity index (χ1v) is 4.72. The molecule has 0 fully saturated rings. The van der Waals surface area contributed by atoms with E-state index < -0.39 is 0 Å². The number of nitrogen functional groups attached to an aromatic ring is 1. The second-order valence-electron chi connectivity index (χ2n) is 3.46. The van der Waals surface area contributed by atoms with Crippen molar-refractivity contribution in [3.63, 3.8) is 0 Å². The van der Waals surface area contributed by atoms with Crippen LogP contribution in [0.25, 0.3) is 11.3 Å². The third-order valence-electron chi connectivity index (χ3n) is 2.28. The van der Waals surface area contributed by atoms with Crippen LogP contribution < -0.4 is 10.5 Å². The van der Waals surface area contributed by atoms with Crippen molar-refractivity contribution >= 4 is 5.88 Å². The highest BCUT2D eigenvalue weighted by atomic mass is 16.5. The van der Waals surface area contributed by atoms with Crippen molar-refractivity contribution in [3.05, 3.63) is 23.8 Å². The molecule has 0 aliphatic rings. The topological polar surface area (TPSA) is 81.5 Å². The van der Waals surface area contributed by atoms with Gasteiger partial charge < -0.3 is 20.1 Å². The van der Waals surface area contributed by atoms with Crippen LogP contribution in [-0.2, 0) is 0 Å². The van der Waals surface area contributed by atoms with Crippen LogP contribution in [0.5, 0.6) is 11.5 Å². The first kappa shape index (κ1) is 10.4. The number of aryl methyl sites for hydroxylation is 1. The number of hydrogen-bond donors (Lipinski definition) is 2. The Kier molecular flexibility index (Phi) is 2.44. The van der Waals surface area contributed by atoms with Crippen LogP contribution in [0, 0.1) is 6.92 Å². The Morgan fingerprint density at radius 1 is 1.38 bits per heavy atom. The number of anilines is 1. The number of methoxy groups -OCH3 is 1. The fourth-order valence-corrected chi connectivity index (χ4v) is 1.59. The van der Waals surface area contributed by atoms with Gasteiger partial charge in [-0.3, -0.25) is 0 Å². The number of benzene rings is 1.